The van der Waals surface area contributed by atoms with Crippen LogP contribution in [0.2, 0.25) is 0 Å². The van der Waals surface area contributed by atoms with Crippen LogP contribution in [0.25, 0.3) is 6.08 Å². The van der Waals surface area contributed by atoms with E-state index >= 15 is 0 Å². The van der Waals surface area contributed by atoms with Gasteiger partial charge in [0.2, 0.25) is 0 Å². The quantitative estimate of drug-likeness (QED) is 0.478. The van der Waals surface area contributed by atoms with Gasteiger partial charge in [-0.3, -0.25) is 19.8 Å². The molecule has 2 heterocycles. The van der Waals surface area contributed by atoms with Crippen molar-refractivity contribution in [1.82, 2.24) is 9.88 Å². The van der Waals surface area contributed by atoms with Crippen LogP contribution in [0.3, 0.4) is 0 Å². The van der Waals surface area contributed by atoms with Gasteiger partial charge in [-0.1, -0.05) is 18.2 Å². The molecule has 1 aliphatic rings. The Morgan fingerprint density at radius 1 is 1.24 bits per heavy atom. The molecule has 1 fully saturated rings. The molecule has 0 bridgehead atoms. The minimum atomic E-state index is -0.466. The van der Waals surface area contributed by atoms with E-state index in [0.717, 1.165) is 5.69 Å². The minimum Gasteiger partial charge on any atom is -0.289 e. The lowest BCUT2D eigenvalue weighted by Gasteiger charge is -2.06. The monoisotopic (exact) mass is 354 g/mol. The number of aliphatic imine (C=N–C) groups is 1. The summed E-state index contributed by atoms with van der Waals surface area (Å²) >= 11 is 1.17. The number of nitrogens with zero attached hydrogens (tertiary/aromatic N) is 4. The van der Waals surface area contributed by atoms with Gasteiger partial charge < -0.3 is 0 Å². The number of pyridine rings is 1. The summed E-state index contributed by atoms with van der Waals surface area (Å²) in [6.07, 6.45) is 1.52. The molecule has 0 aliphatic carbocycles. The summed E-state index contributed by atoms with van der Waals surface area (Å²) in [6.45, 7) is 1.86. The van der Waals surface area contributed by atoms with Crippen LogP contribution in [0.15, 0.2) is 52.4 Å². The fourth-order valence-electron chi connectivity index (χ4n) is 2.26. The molecule has 0 N–H and O–H groups in total. The Labute approximate surface area is 148 Å². The molecular formula is C17H14N4O3S. The lowest BCUT2D eigenvalue weighted by molar-refractivity contribution is -0.385. The molecule has 0 atom stereocenters. The largest absolute Gasteiger partial charge is 0.289 e. The van der Waals surface area contributed by atoms with Gasteiger partial charge in [-0.25, -0.2) is 9.98 Å². The predicted molar refractivity (Wildman–Crippen MR) is 97.5 cm³/mol. The molecule has 1 aromatic carbocycles. The zero-order chi connectivity index (χ0) is 18.0. The number of amidine groups is 1. The van der Waals surface area contributed by atoms with Gasteiger partial charge in [0.15, 0.2) is 11.0 Å². The molecule has 0 saturated carbocycles. The lowest BCUT2D eigenvalue weighted by atomic mass is 10.1. The predicted octanol–water partition coefficient (Wildman–Crippen LogP) is 3.53. The molecule has 0 radical (unpaired) electrons. The second kappa shape index (κ2) is 6.86. The first kappa shape index (κ1) is 16.8. The summed E-state index contributed by atoms with van der Waals surface area (Å²) in [4.78, 5) is 33.6. The highest BCUT2D eigenvalue weighted by Gasteiger charge is 2.31. The molecule has 1 saturated heterocycles. The fraction of sp³-hybridized carbons (Fsp3) is 0.118. The first-order chi connectivity index (χ1) is 12.0. The average Bonchev–Trinajstić information content (AvgIpc) is 2.83. The van der Waals surface area contributed by atoms with Gasteiger partial charge in [0.1, 0.15) is 0 Å². The minimum absolute atomic E-state index is 0.0446. The number of nitro benzene ring substituents is 1. The number of amides is 1. The van der Waals surface area contributed by atoms with E-state index in [0.29, 0.717) is 21.5 Å². The SMILES string of the molecule is Cc1cccc(/N=C2/S/C(=C\c3ccccc3[N+](=O)[O-])C(=O)N2C)n1. The standard InChI is InChI=1S/C17H14N4O3S/c1-11-6-5-9-15(18-11)19-17-20(2)16(22)14(25-17)10-12-7-3-4-8-13(12)21(23)24/h3-10H,1-2H3/b14-10-,19-17+. The number of hydrogen-bond donors (Lipinski definition) is 0. The maximum atomic E-state index is 12.4. The van der Waals surface area contributed by atoms with E-state index in [4.69, 9.17) is 0 Å². The second-order valence-corrected chi connectivity index (χ2v) is 6.33. The average molecular weight is 354 g/mol. The second-order valence-electron chi connectivity index (χ2n) is 5.32. The van der Waals surface area contributed by atoms with E-state index in [1.807, 2.05) is 19.1 Å². The number of aryl methyl sites for hydroxylation is 1. The van der Waals surface area contributed by atoms with Crippen molar-refractivity contribution in [1.29, 1.82) is 0 Å². The van der Waals surface area contributed by atoms with Crippen LogP contribution in [0.4, 0.5) is 11.5 Å². The van der Waals surface area contributed by atoms with Gasteiger partial charge in [-0.05, 0) is 43.0 Å². The highest BCUT2D eigenvalue weighted by atomic mass is 32.2. The summed E-state index contributed by atoms with van der Waals surface area (Å²) in [7, 11) is 1.62. The van der Waals surface area contributed by atoms with Crippen molar-refractivity contribution in [3.05, 3.63) is 68.7 Å². The molecule has 126 valence electrons. The number of benzene rings is 1. The maximum absolute atomic E-state index is 12.4. The first-order valence-electron chi connectivity index (χ1n) is 7.39. The maximum Gasteiger partial charge on any atom is 0.276 e. The van der Waals surface area contributed by atoms with Gasteiger partial charge in [0.25, 0.3) is 11.6 Å². The van der Waals surface area contributed by atoms with E-state index in [1.54, 1.807) is 31.3 Å². The zero-order valence-electron chi connectivity index (χ0n) is 13.5. The third kappa shape index (κ3) is 3.58. The Kier molecular flexibility index (Phi) is 4.62. The van der Waals surface area contributed by atoms with E-state index < -0.39 is 4.92 Å². The van der Waals surface area contributed by atoms with Crippen molar-refractivity contribution in [2.24, 2.45) is 4.99 Å². The number of likely N-dealkylation sites (N-methyl/N-ethyl adjacent to an activating group) is 1. The number of para-hydroxylation sites is 1. The third-order valence-electron chi connectivity index (χ3n) is 3.51. The lowest BCUT2D eigenvalue weighted by Crippen LogP contribution is -2.23. The van der Waals surface area contributed by atoms with Crippen LogP contribution < -0.4 is 0 Å². The number of aromatic nitrogens is 1. The van der Waals surface area contributed by atoms with Crippen LogP contribution in [0.1, 0.15) is 11.3 Å². The van der Waals surface area contributed by atoms with Crippen molar-refractivity contribution in [3.8, 4) is 0 Å². The summed E-state index contributed by atoms with van der Waals surface area (Å²) < 4.78 is 0. The van der Waals surface area contributed by atoms with Crippen molar-refractivity contribution < 1.29 is 9.72 Å². The van der Waals surface area contributed by atoms with Gasteiger partial charge in [-0.15, -0.1) is 0 Å². The fourth-order valence-corrected chi connectivity index (χ4v) is 3.22. The summed E-state index contributed by atoms with van der Waals surface area (Å²) in [5.41, 5.74) is 1.16. The van der Waals surface area contributed by atoms with E-state index in [2.05, 4.69) is 9.98 Å². The Morgan fingerprint density at radius 2 is 2.00 bits per heavy atom. The molecule has 1 amide bonds. The topological polar surface area (TPSA) is 88.7 Å². The molecular weight excluding hydrogens is 340 g/mol. The third-order valence-corrected chi connectivity index (χ3v) is 4.57. The number of carbonyl (C=O) groups excluding carboxylic acids is 1. The Hall–Kier alpha value is -3.00. The van der Waals surface area contributed by atoms with Crippen LogP contribution in [-0.2, 0) is 4.79 Å². The molecule has 0 spiro atoms. The molecule has 8 heteroatoms. The van der Waals surface area contributed by atoms with Crippen LogP contribution in [0.5, 0.6) is 0 Å². The molecule has 1 aliphatic heterocycles. The molecule has 2 aromatic rings. The number of rotatable bonds is 3. The number of carbonyl (C=O) groups is 1. The van der Waals surface area contributed by atoms with Crippen LogP contribution in [-0.4, -0.2) is 32.9 Å². The Bertz CT molecular complexity index is 924. The van der Waals surface area contributed by atoms with Crippen LogP contribution >= 0.6 is 11.8 Å². The van der Waals surface area contributed by atoms with Gasteiger partial charge >= 0.3 is 0 Å². The van der Waals surface area contributed by atoms with Gasteiger partial charge in [0, 0.05) is 18.8 Å². The van der Waals surface area contributed by atoms with Crippen molar-refractivity contribution in [2.75, 3.05) is 7.05 Å². The summed E-state index contributed by atoms with van der Waals surface area (Å²) in [5.74, 6) is 0.253. The van der Waals surface area contributed by atoms with Crippen molar-refractivity contribution >= 4 is 40.4 Å². The molecule has 7 nitrogen and oxygen atoms in total. The van der Waals surface area contributed by atoms with Crippen LogP contribution in [0, 0.1) is 17.0 Å². The number of hydrogen-bond acceptors (Lipinski definition) is 6. The Morgan fingerprint density at radius 3 is 2.72 bits per heavy atom. The normalized spacial score (nSPS) is 17.5. The van der Waals surface area contributed by atoms with Crippen molar-refractivity contribution in [2.45, 2.75) is 6.92 Å². The molecule has 25 heavy (non-hydrogen) atoms. The number of nitro groups is 1. The highest BCUT2D eigenvalue weighted by Crippen LogP contribution is 2.34. The van der Waals surface area contributed by atoms with E-state index in [9.17, 15) is 14.9 Å². The summed E-state index contributed by atoms with van der Waals surface area (Å²) in [5, 5.41) is 11.6. The van der Waals surface area contributed by atoms with Gasteiger partial charge in [0.05, 0.1) is 15.4 Å². The van der Waals surface area contributed by atoms with E-state index in [1.165, 1.54) is 28.8 Å². The first-order valence-corrected chi connectivity index (χ1v) is 8.21. The molecule has 0 unspecified atom stereocenters. The smallest absolute Gasteiger partial charge is 0.276 e. The summed E-state index contributed by atoms with van der Waals surface area (Å²) in [6, 6.07) is 11.8. The van der Waals surface area contributed by atoms with Crippen molar-refractivity contribution in [3.63, 3.8) is 0 Å². The van der Waals surface area contributed by atoms with Gasteiger partial charge in [-0.2, -0.15) is 0 Å². The molecule has 1 aromatic heterocycles. The highest BCUT2D eigenvalue weighted by molar-refractivity contribution is 8.18. The number of thioether (sulfide) groups is 1. The Balaban J connectivity index is 1.95. The van der Waals surface area contributed by atoms with E-state index in [-0.39, 0.29) is 11.6 Å². The zero-order valence-corrected chi connectivity index (χ0v) is 14.4. The molecule has 3 rings (SSSR count).